The topological polar surface area (TPSA) is 109 Å². The summed E-state index contributed by atoms with van der Waals surface area (Å²) in [6.45, 7) is 4.01. The van der Waals surface area contributed by atoms with Gasteiger partial charge in [-0.25, -0.2) is 0 Å². The van der Waals surface area contributed by atoms with Crippen LogP contribution in [-0.2, 0) is 4.79 Å². The second-order valence-corrected chi connectivity index (χ2v) is 7.00. The normalized spacial score (nSPS) is 13.2. The molecule has 4 N–H and O–H groups in total. The van der Waals surface area contributed by atoms with Crippen LogP contribution in [0.4, 0.5) is 13.2 Å². The lowest BCUT2D eigenvalue weighted by atomic mass is 9.87. The molecule has 1 aliphatic carbocycles. The van der Waals surface area contributed by atoms with Gasteiger partial charge in [0.25, 0.3) is 5.91 Å². The first-order chi connectivity index (χ1) is 15.1. The summed E-state index contributed by atoms with van der Waals surface area (Å²) in [5.41, 5.74) is 5.11. The molecule has 1 saturated carbocycles. The summed E-state index contributed by atoms with van der Waals surface area (Å²) in [4.78, 5) is 26.8. The maximum atomic E-state index is 12.1. The molecule has 0 bridgehead atoms. The standard InChI is InChI=1S/C15H22N2O2.C3H6F3N.C2H5NO.C2H6/c1-17(8-7-12-5-3-2-4-6-12)15(19)13-9-14(18)11-16-10-13;1-7-2-3(4,5)6;3-1-2-4;1-2/h9-12,18H,2-8H2,1H3;7H,2H2,1H3;2H,1,3H2;1-2H3. The van der Waals surface area contributed by atoms with Gasteiger partial charge >= 0.3 is 6.18 Å². The zero-order valence-electron chi connectivity index (χ0n) is 19.6. The van der Waals surface area contributed by atoms with Gasteiger partial charge in [-0.3, -0.25) is 9.78 Å². The predicted molar refractivity (Wildman–Crippen MR) is 121 cm³/mol. The van der Waals surface area contributed by atoms with Crippen molar-refractivity contribution < 1.29 is 27.9 Å². The molecule has 1 amide bonds. The zero-order valence-corrected chi connectivity index (χ0v) is 19.6. The number of halogens is 3. The van der Waals surface area contributed by atoms with E-state index < -0.39 is 12.7 Å². The number of nitrogens with two attached hydrogens (primary N) is 1. The summed E-state index contributed by atoms with van der Waals surface area (Å²) in [5, 5.41) is 11.3. The molecule has 0 saturated heterocycles. The van der Waals surface area contributed by atoms with E-state index in [0.717, 1.165) is 18.9 Å². The number of aromatic hydroxyl groups is 1. The van der Waals surface area contributed by atoms with Crippen molar-refractivity contribution in [2.24, 2.45) is 11.7 Å². The molecule has 0 radical (unpaired) electrons. The number of alkyl halides is 3. The number of aromatic nitrogens is 1. The van der Waals surface area contributed by atoms with Gasteiger partial charge in [-0.15, -0.1) is 0 Å². The van der Waals surface area contributed by atoms with Crippen LogP contribution in [0.25, 0.3) is 0 Å². The van der Waals surface area contributed by atoms with Crippen LogP contribution in [-0.4, -0.2) is 67.1 Å². The Bertz CT molecular complexity index is 610. The Labute approximate surface area is 189 Å². The summed E-state index contributed by atoms with van der Waals surface area (Å²) in [7, 11) is 3.07. The lowest BCUT2D eigenvalue weighted by Gasteiger charge is -2.24. The molecule has 1 fully saturated rings. The molecule has 0 atom stereocenters. The fourth-order valence-electron chi connectivity index (χ4n) is 2.92. The highest BCUT2D eigenvalue weighted by molar-refractivity contribution is 5.94. The van der Waals surface area contributed by atoms with Gasteiger partial charge in [0.2, 0.25) is 0 Å². The molecule has 0 unspecified atom stereocenters. The third-order valence-corrected chi connectivity index (χ3v) is 4.39. The van der Waals surface area contributed by atoms with Crippen molar-refractivity contribution in [1.82, 2.24) is 15.2 Å². The number of hydrogen-bond donors (Lipinski definition) is 3. The highest BCUT2D eigenvalue weighted by atomic mass is 19.4. The number of aldehydes is 1. The highest BCUT2D eigenvalue weighted by Gasteiger charge is 2.24. The average Bonchev–Trinajstić information content (AvgIpc) is 2.79. The van der Waals surface area contributed by atoms with E-state index >= 15 is 0 Å². The van der Waals surface area contributed by atoms with Crippen molar-refractivity contribution in [3.05, 3.63) is 24.0 Å². The monoisotopic (exact) mass is 464 g/mol. The SMILES string of the molecule is CC.CN(CCC1CCCCC1)C(=O)c1cncc(O)c1.CNCC(F)(F)F.NCC=O. The fraction of sp³-hybridized carbons (Fsp3) is 0.682. The van der Waals surface area contributed by atoms with Crippen molar-refractivity contribution in [2.45, 2.75) is 58.5 Å². The molecule has 1 aliphatic rings. The van der Waals surface area contributed by atoms with Crippen LogP contribution in [0, 0.1) is 5.92 Å². The first kappa shape index (κ1) is 32.0. The second-order valence-electron chi connectivity index (χ2n) is 7.00. The number of hydrogen-bond acceptors (Lipinski definition) is 6. The fourth-order valence-corrected chi connectivity index (χ4v) is 2.92. The Morgan fingerprint density at radius 1 is 1.28 bits per heavy atom. The van der Waals surface area contributed by atoms with Crippen LogP contribution in [0.15, 0.2) is 18.5 Å². The predicted octanol–water partition coefficient (Wildman–Crippen LogP) is 3.77. The van der Waals surface area contributed by atoms with Gasteiger partial charge in [0.05, 0.1) is 18.3 Å². The molecule has 32 heavy (non-hydrogen) atoms. The maximum Gasteiger partial charge on any atom is 0.401 e. The van der Waals surface area contributed by atoms with Crippen LogP contribution in [0.1, 0.15) is 62.7 Å². The Hall–Kier alpha value is -2.20. The van der Waals surface area contributed by atoms with Crippen molar-refractivity contribution in [3.63, 3.8) is 0 Å². The molecular formula is C22H39F3N4O3. The first-order valence-electron chi connectivity index (χ1n) is 10.9. The van der Waals surface area contributed by atoms with E-state index in [9.17, 15) is 23.1 Å². The first-order valence-corrected chi connectivity index (χ1v) is 10.9. The van der Waals surface area contributed by atoms with Crippen molar-refractivity contribution in [2.75, 3.05) is 33.7 Å². The Balaban J connectivity index is 0. The van der Waals surface area contributed by atoms with Crippen molar-refractivity contribution in [1.29, 1.82) is 0 Å². The minimum absolute atomic E-state index is 0.0338. The molecule has 0 spiro atoms. The number of nitrogens with one attached hydrogen (secondary N) is 1. The second kappa shape index (κ2) is 19.5. The van der Waals surface area contributed by atoms with Gasteiger partial charge in [-0.05, 0) is 25.5 Å². The van der Waals surface area contributed by atoms with Crippen LogP contribution in [0.2, 0.25) is 0 Å². The zero-order chi connectivity index (χ0) is 25.0. The average molecular weight is 465 g/mol. The summed E-state index contributed by atoms with van der Waals surface area (Å²) in [6, 6.07) is 1.46. The lowest BCUT2D eigenvalue weighted by Crippen LogP contribution is -2.29. The number of rotatable bonds is 6. The van der Waals surface area contributed by atoms with Gasteiger partial charge in [0, 0.05) is 26.3 Å². The minimum atomic E-state index is -4.06. The van der Waals surface area contributed by atoms with E-state index in [2.05, 4.69) is 10.7 Å². The van der Waals surface area contributed by atoms with Gasteiger partial charge in [-0.1, -0.05) is 46.0 Å². The highest BCUT2D eigenvalue weighted by Crippen LogP contribution is 2.26. The summed E-state index contributed by atoms with van der Waals surface area (Å²) < 4.78 is 33.0. The molecule has 7 nitrogen and oxygen atoms in total. The summed E-state index contributed by atoms with van der Waals surface area (Å²) in [5.74, 6) is 0.733. The molecule has 1 heterocycles. The number of carbonyl (C=O) groups excluding carboxylic acids is 2. The van der Waals surface area contributed by atoms with Crippen LogP contribution < -0.4 is 11.1 Å². The van der Waals surface area contributed by atoms with Gasteiger partial charge < -0.3 is 25.9 Å². The van der Waals surface area contributed by atoms with E-state index in [-0.39, 0.29) is 18.2 Å². The van der Waals surface area contributed by atoms with E-state index in [0.29, 0.717) is 11.8 Å². The van der Waals surface area contributed by atoms with Crippen LogP contribution >= 0.6 is 0 Å². The van der Waals surface area contributed by atoms with E-state index in [4.69, 9.17) is 4.79 Å². The van der Waals surface area contributed by atoms with Crippen LogP contribution in [0.3, 0.4) is 0 Å². The molecule has 10 heteroatoms. The van der Waals surface area contributed by atoms with Crippen molar-refractivity contribution in [3.8, 4) is 5.75 Å². The Kier molecular flexibility index (Phi) is 19.5. The maximum absolute atomic E-state index is 12.1. The molecule has 1 aromatic rings. The van der Waals surface area contributed by atoms with E-state index in [1.807, 2.05) is 26.2 Å². The lowest BCUT2D eigenvalue weighted by molar-refractivity contribution is -0.123. The van der Waals surface area contributed by atoms with Gasteiger partial charge in [-0.2, -0.15) is 13.2 Å². The third-order valence-electron chi connectivity index (χ3n) is 4.39. The van der Waals surface area contributed by atoms with Crippen LogP contribution in [0.5, 0.6) is 5.75 Å². The summed E-state index contributed by atoms with van der Waals surface area (Å²) in [6.07, 6.45) is 7.13. The number of nitrogens with zero attached hydrogens (tertiary/aromatic N) is 2. The van der Waals surface area contributed by atoms with E-state index in [1.54, 1.807) is 4.90 Å². The Morgan fingerprint density at radius 3 is 2.25 bits per heavy atom. The number of carbonyl (C=O) groups is 2. The number of pyridine rings is 1. The summed E-state index contributed by atoms with van der Waals surface area (Å²) >= 11 is 0. The molecule has 186 valence electrons. The van der Waals surface area contributed by atoms with E-state index in [1.165, 1.54) is 57.6 Å². The van der Waals surface area contributed by atoms with Gasteiger partial charge in [0.15, 0.2) is 0 Å². The minimum Gasteiger partial charge on any atom is -0.506 e. The number of amides is 1. The molecule has 0 aliphatic heterocycles. The Morgan fingerprint density at radius 2 is 1.84 bits per heavy atom. The smallest absolute Gasteiger partial charge is 0.401 e. The quantitative estimate of drug-likeness (QED) is 0.553. The largest absolute Gasteiger partial charge is 0.506 e. The third kappa shape index (κ3) is 17.5. The molecule has 0 aromatic carbocycles. The molecule has 1 aromatic heterocycles. The van der Waals surface area contributed by atoms with Crippen molar-refractivity contribution >= 4 is 12.2 Å². The van der Waals surface area contributed by atoms with Gasteiger partial charge in [0.1, 0.15) is 12.0 Å². The molecular weight excluding hydrogens is 425 g/mol. The molecule has 2 rings (SSSR count).